The first-order valence-electron chi connectivity index (χ1n) is 6.66. The van der Waals surface area contributed by atoms with Crippen LogP contribution in [0.5, 0.6) is 5.88 Å². The zero-order valence-corrected chi connectivity index (χ0v) is 12.1. The highest BCUT2D eigenvalue weighted by Crippen LogP contribution is 2.19. The van der Waals surface area contributed by atoms with Crippen LogP contribution in [-0.2, 0) is 20.6 Å². The smallest absolute Gasteiger partial charge is 0.221 e. The molecule has 114 valence electrons. The molecule has 0 fully saturated rings. The molecule has 7 heteroatoms. The molecular weight excluding hydrogens is 262 g/mol. The Morgan fingerprint density at radius 3 is 2.30 bits per heavy atom. The maximum absolute atomic E-state index is 5.75. The second-order valence-electron chi connectivity index (χ2n) is 3.96. The monoisotopic (exact) mass is 285 g/mol. The van der Waals surface area contributed by atoms with Crippen molar-refractivity contribution >= 4 is 5.82 Å². The van der Waals surface area contributed by atoms with Gasteiger partial charge in [0.2, 0.25) is 5.88 Å². The minimum absolute atomic E-state index is 0.418. The molecule has 0 radical (unpaired) electrons. The van der Waals surface area contributed by atoms with Gasteiger partial charge in [-0.3, -0.25) is 0 Å². The number of rotatable bonds is 11. The van der Waals surface area contributed by atoms with Crippen LogP contribution in [0.3, 0.4) is 0 Å². The number of nitrogens with zero attached hydrogens (tertiary/aromatic N) is 2. The molecule has 2 N–H and O–H groups in total. The molecule has 0 unspecified atom stereocenters. The number of aromatic nitrogens is 2. The van der Waals surface area contributed by atoms with Crippen LogP contribution in [0.15, 0.2) is 6.33 Å². The Labute approximate surface area is 119 Å². The Bertz CT molecular complexity index is 377. The SMILES string of the molecule is CCc1c(N)ncnc1OCCOCCOCCOC. The van der Waals surface area contributed by atoms with Gasteiger partial charge in [-0.15, -0.1) is 0 Å². The topological polar surface area (TPSA) is 88.7 Å². The summed E-state index contributed by atoms with van der Waals surface area (Å²) in [6.07, 6.45) is 2.13. The van der Waals surface area contributed by atoms with E-state index in [1.807, 2.05) is 6.92 Å². The predicted molar refractivity (Wildman–Crippen MR) is 74.8 cm³/mol. The maximum Gasteiger partial charge on any atom is 0.221 e. The molecule has 1 aromatic rings. The molecule has 0 amide bonds. The molecule has 0 aliphatic rings. The molecule has 0 aliphatic heterocycles. The zero-order chi connectivity index (χ0) is 14.6. The molecule has 1 aromatic heterocycles. The Balaban J connectivity index is 2.11. The highest BCUT2D eigenvalue weighted by molar-refractivity contribution is 5.44. The standard InChI is InChI=1S/C13H23N3O4/c1-3-11-12(14)15-10-16-13(11)20-9-8-19-7-6-18-5-4-17-2/h10H,3-9H2,1-2H3,(H2,14,15,16). The normalized spacial score (nSPS) is 10.7. The largest absolute Gasteiger partial charge is 0.475 e. The summed E-state index contributed by atoms with van der Waals surface area (Å²) in [6.45, 7) is 5.12. The highest BCUT2D eigenvalue weighted by Gasteiger charge is 2.07. The quantitative estimate of drug-likeness (QED) is 0.598. The van der Waals surface area contributed by atoms with Crippen LogP contribution in [0.4, 0.5) is 5.82 Å². The summed E-state index contributed by atoms with van der Waals surface area (Å²) in [4.78, 5) is 8.00. The number of hydrogen-bond donors (Lipinski definition) is 1. The van der Waals surface area contributed by atoms with E-state index in [2.05, 4.69) is 9.97 Å². The van der Waals surface area contributed by atoms with Crippen molar-refractivity contribution in [2.75, 3.05) is 52.5 Å². The first-order valence-corrected chi connectivity index (χ1v) is 6.66. The summed E-state index contributed by atoms with van der Waals surface area (Å²) in [5, 5.41) is 0. The lowest BCUT2D eigenvalue weighted by Crippen LogP contribution is -2.13. The van der Waals surface area contributed by atoms with Crippen LogP contribution in [0.2, 0.25) is 0 Å². The van der Waals surface area contributed by atoms with E-state index in [-0.39, 0.29) is 0 Å². The van der Waals surface area contributed by atoms with E-state index in [1.165, 1.54) is 6.33 Å². The third kappa shape index (κ3) is 6.14. The number of ether oxygens (including phenoxy) is 4. The van der Waals surface area contributed by atoms with Crippen LogP contribution < -0.4 is 10.5 Å². The first-order chi connectivity index (χ1) is 9.79. The molecule has 0 aliphatic carbocycles. The number of hydrogen-bond acceptors (Lipinski definition) is 7. The van der Waals surface area contributed by atoms with Crippen molar-refractivity contribution in [3.8, 4) is 5.88 Å². The molecule has 1 heterocycles. The van der Waals surface area contributed by atoms with Crippen molar-refractivity contribution in [1.29, 1.82) is 0 Å². The lowest BCUT2D eigenvalue weighted by molar-refractivity contribution is 0.0176. The van der Waals surface area contributed by atoms with Crippen molar-refractivity contribution in [2.24, 2.45) is 0 Å². The van der Waals surface area contributed by atoms with E-state index >= 15 is 0 Å². The Hall–Kier alpha value is -1.44. The van der Waals surface area contributed by atoms with Crippen LogP contribution in [-0.4, -0.2) is 56.7 Å². The highest BCUT2D eigenvalue weighted by atomic mass is 16.6. The van der Waals surface area contributed by atoms with Crippen LogP contribution in [0, 0.1) is 0 Å². The number of anilines is 1. The van der Waals surface area contributed by atoms with Crippen LogP contribution in [0.1, 0.15) is 12.5 Å². The molecule has 0 atom stereocenters. The van der Waals surface area contributed by atoms with E-state index in [0.717, 1.165) is 12.0 Å². The van der Waals surface area contributed by atoms with E-state index in [1.54, 1.807) is 7.11 Å². The van der Waals surface area contributed by atoms with Gasteiger partial charge in [-0.05, 0) is 6.42 Å². The first kappa shape index (κ1) is 16.6. The van der Waals surface area contributed by atoms with Crippen LogP contribution in [0.25, 0.3) is 0 Å². The molecule has 7 nitrogen and oxygen atoms in total. The lowest BCUT2D eigenvalue weighted by atomic mass is 10.2. The van der Waals surface area contributed by atoms with Gasteiger partial charge in [0, 0.05) is 7.11 Å². The number of nitrogen functional groups attached to an aromatic ring is 1. The van der Waals surface area contributed by atoms with Crippen LogP contribution >= 0.6 is 0 Å². The second-order valence-corrected chi connectivity index (χ2v) is 3.96. The van der Waals surface area contributed by atoms with Gasteiger partial charge in [-0.25, -0.2) is 9.97 Å². The van der Waals surface area contributed by atoms with Crippen molar-refractivity contribution < 1.29 is 18.9 Å². The lowest BCUT2D eigenvalue weighted by Gasteiger charge is -2.10. The van der Waals surface area contributed by atoms with Crippen molar-refractivity contribution in [1.82, 2.24) is 9.97 Å². The molecule has 0 bridgehead atoms. The predicted octanol–water partition coefficient (Wildman–Crippen LogP) is 0.680. The third-order valence-electron chi connectivity index (χ3n) is 2.56. The summed E-state index contributed by atoms with van der Waals surface area (Å²) in [5.41, 5.74) is 6.58. The third-order valence-corrected chi connectivity index (χ3v) is 2.56. The van der Waals surface area contributed by atoms with Gasteiger partial charge in [0.1, 0.15) is 18.8 Å². The van der Waals surface area contributed by atoms with Gasteiger partial charge in [0.15, 0.2) is 0 Å². The fourth-order valence-electron chi connectivity index (χ4n) is 1.53. The van der Waals surface area contributed by atoms with Crippen molar-refractivity contribution in [3.05, 3.63) is 11.9 Å². The van der Waals surface area contributed by atoms with Gasteiger partial charge >= 0.3 is 0 Å². The minimum atomic E-state index is 0.418. The van der Waals surface area contributed by atoms with Crippen molar-refractivity contribution in [2.45, 2.75) is 13.3 Å². The Morgan fingerprint density at radius 2 is 1.65 bits per heavy atom. The van der Waals surface area contributed by atoms with E-state index in [4.69, 9.17) is 24.7 Å². The summed E-state index contributed by atoms with van der Waals surface area (Å²) in [5.74, 6) is 0.991. The number of nitrogens with two attached hydrogens (primary N) is 1. The number of methoxy groups -OCH3 is 1. The minimum Gasteiger partial charge on any atom is -0.475 e. The maximum atomic E-state index is 5.75. The molecular formula is C13H23N3O4. The Kier molecular flexibility index (Phi) is 8.61. The van der Waals surface area contributed by atoms with Gasteiger partial charge in [-0.1, -0.05) is 6.92 Å². The average Bonchev–Trinajstić information content (AvgIpc) is 2.45. The van der Waals surface area contributed by atoms with Gasteiger partial charge in [0.05, 0.1) is 38.6 Å². The summed E-state index contributed by atoms with van der Waals surface area (Å²) >= 11 is 0. The molecule has 0 aromatic carbocycles. The molecule has 0 saturated heterocycles. The van der Waals surface area contributed by atoms with Crippen molar-refractivity contribution in [3.63, 3.8) is 0 Å². The Morgan fingerprint density at radius 1 is 1.00 bits per heavy atom. The molecule has 0 spiro atoms. The van der Waals surface area contributed by atoms with E-state index in [0.29, 0.717) is 51.3 Å². The van der Waals surface area contributed by atoms with Gasteiger partial charge < -0.3 is 24.7 Å². The zero-order valence-electron chi connectivity index (χ0n) is 12.1. The van der Waals surface area contributed by atoms with Gasteiger partial charge in [-0.2, -0.15) is 0 Å². The summed E-state index contributed by atoms with van der Waals surface area (Å²) < 4.78 is 21.0. The fourth-order valence-corrected chi connectivity index (χ4v) is 1.53. The molecule has 0 saturated carbocycles. The molecule has 20 heavy (non-hydrogen) atoms. The molecule has 1 rings (SSSR count). The van der Waals surface area contributed by atoms with Gasteiger partial charge in [0.25, 0.3) is 0 Å². The summed E-state index contributed by atoms with van der Waals surface area (Å²) in [7, 11) is 1.64. The average molecular weight is 285 g/mol. The second kappa shape index (κ2) is 10.4. The fraction of sp³-hybridized carbons (Fsp3) is 0.692. The van der Waals surface area contributed by atoms with E-state index in [9.17, 15) is 0 Å². The van der Waals surface area contributed by atoms with E-state index < -0.39 is 0 Å². The summed E-state index contributed by atoms with van der Waals surface area (Å²) in [6, 6.07) is 0.